The second-order valence-electron chi connectivity index (χ2n) is 5.00. The quantitative estimate of drug-likeness (QED) is 0.686. The summed E-state index contributed by atoms with van der Waals surface area (Å²) in [4.78, 5) is 24.4. The van der Waals surface area contributed by atoms with Crippen LogP contribution in [0.1, 0.15) is 15.2 Å². The number of carbonyl (C=O) groups excluding carboxylic acids is 2. The molecule has 8 nitrogen and oxygen atoms in total. The Kier molecular flexibility index (Phi) is 5.05. The molecule has 0 bridgehead atoms. The molecule has 25 heavy (non-hydrogen) atoms. The van der Waals surface area contributed by atoms with Gasteiger partial charge in [0.25, 0.3) is 5.91 Å². The predicted molar refractivity (Wildman–Crippen MR) is 92.1 cm³/mol. The van der Waals surface area contributed by atoms with Crippen LogP contribution >= 0.6 is 22.9 Å². The van der Waals surface area contributed by atoms with Gasteiger partial charge in [0.2, 0.25) is 0 Å². The van der Waals surface area contributed by atoms with Crippen molar-refractivity contribution in [3.05, 3.63) is 51.4 Å². The molecule has 2 heterocycles. The van der Waals surface area contributed by atoms with Crippen molar-refractivity contribution >= 4 is 40.5 Å². The van der Waals surface area contributed by atoms with Gasteiger partial charge >= 0.3 is 5.97 Å². The van der Waals surface area contributed by atoms with Crippen molar-refractivity contribution < 1.29 is 14.3 Å². The number of tetrazole rings is 1. The first-order chi connectivity index (χ1) is 12.0. The second kappa shape index (κ2) is 7.41. The standard InChI is InChI=1S/C15H12ClN5O3S/c1-9-2-3-11(10(16)6-9)18-13(22)7-24-15(23)14-12(4-5-25-14)21-8-17-19-20-21/h2-6,8H,7H2,1H3,(H,18,22). The third-order valence-corrected chi connectivity index (χ3v) is 4.36. The molecule has 1 amide bonds. The van der Waals surface area contributed by atoms with Gasteiger partial charge in [0.15, 0.2) is 6.61 Å². The second-order valence-corrected chi connectivity index (χ2v) is 6.32. The highest BCUT2D eigenvalue weighted by Crippen LogP contribution is 2.23. The average molecular weight is 378 g/mol. The molecular weight excluding hydrogens is 366 g/mol. The van der Waals surface area contributed by atoms with Crippen LogP contribution in [0, 0.1) is 6.92 Å². The molecule has 0 aliphatic heterocycles. The fourth-order valence-electron chi connectivity index (χ4n) is 2.01. The number of thiophene rings is 1. The van der Waals surface area contributed by atoms with Gasteiger partial charge < -0.3 is 10.1 Å². The van der Waals surface area contributed by atoms with E-state index in [1.54, 1.807) is 23.6 Å². The SMILES string of the molecule is Cc1ccc(NC(=O)COC(=O)c2sccc2-n2cnnn2)c(Cl)c1. The lowest BCUT2D eigenvalue weighted by Gasteiger charge is -2.08. The van der Waals surface area contributed by atoms with Gasteiger partial charge in [-0.05, 0) is 46.5 Å². The summed E-state index contributed by atoms with van der Waals surface area (Å²) < 4.78 is 6.40. The summed E-state index contributed by atoms with van der Waals surface area (Å²) in [6.45, 7) is 1.46. The number of carbonyl (C=O) groups is 2. The Labute approximate surface area is 151 Å². The lowest BCUT2D eigenvalue weighted by Crippen LogP contribution is -2.21. The molecular formula is C15H12ClN5O3S. The Morgan fingerprint density at radius 1 is 1.36 bits per heavy atom. The summed E-state index contributed by atoms with van der Waals surface area (Å²) in [5.74, 6) is -1.12. The maximum absolute atomic E-state index is 12.2. The fourth-order valence-corrected chi connectivity index (χ4v) is 3.06. The maximum atomic E-state index is 12.2. The monoisotopic (exact) mass is 377 g/mol. The number of benzene rings is 1. The van der Waals surface area contributed by atoms with E-state index in [0.717, 1.165) is 5.56 Å². The maximum Gasteiger partial charge on any atom is 0.351 e. The summed E-state index contributed by atoms with van der Waals surface area (Å²) in [7, 11) is 0. The first-order valence-electron chi connectivity index (χ1n) is 7.08. The largest absolute Gasteiger partial charge is 0.451 e. The van der Waals surface area contributed by atoms with Crippen molar-refractivity contribution in [1.82, 2.24) is 20.2 Å². The summed E-state index contributed by atoms with van der Waals surface area (Å²) in [5.41, 5.74) is 1.92. The molecule has 0 saturated heterocycles. The molecule has 0 aliphatic rings. The minimum atomic E-state index is -0.634. The zero-order valence-corrected chi connectivity index (χ0v) is 14.5. The molecule has 10 heteroatoms. The van der Waals surface area contributed by atoms with Crippen LogP contribution < -0.4 is 5.32 Å². The van der Waals surface area contributed by atoms with Crippen LogP contribution in [0.15, 0.2) is 36.0 Å². The molecule has 3 aromatic rings. The number of aromatic nitrogens is 4. The number of hydrogen-bond donors (Lipinski definition) is 1. The molecule has 0 saturated carbocycles. The summed E-state index contributed by atoms with van der Waals surface area (Å²) >= 11 is 7.22. The number of rotatable bonds is 5. The van der Waals surface area contributed by atoms with E-state index in [2.05, 4.69) is 20.8 Å². The number of esters is 1. The van der Waals surface area contributed by atoms with Crippen molar-refractivity contribution in [3.63, 3.8) is 0 Å². The van der Waals surface area contributed by atoms with Gasteiger partial charge in [-0.1, -0.05) is 17.7 Å². The van der Waals surface area contributed by atoms with Gasteiger partial charge in [-0.3, -0.25) is 4.79 Å². The predicted octanol–water partition coefficient (Wildman–Crippen LogP) is 2.48. The minimum Gasteiger partial charge on any atom is -0.451 e. The summed E-state index contributed by atoms with van der Waals surface area (Å²) in [5, 5.41) is 15.5. The Morgan fingerprint density at radius 3 is 2.92 bits per heavy atom. The Balaban J connectivity index is 1.61. The summed E-state index contributed by atoms with van der Waals surface area (Å²) in [6, 6.07) is 6.92. The van der Waals surface area contributed by atoms with Crippen LogP contribution in [-0.2, 0) is 9.53 Å². The van der Waals surface area contributed by atoms with Crippen molar-refractivity contribution in [3.8, 4) is 5.69 Å². The highest BCUT2D eigenvalue weighted by Gasteiger charge is 2.18. The van der Waals surface area contributed by atoms with Gasteiger partial charge in [0.1, 0.15) is 11.2 Å². The third-order valence-electron chi connectivity index (χ3n) is 3.16. The first-order valence-corrected chi connectivity index (χ1v) is 8.34. The van der Waals surface area contributed by atoms with E-state index in [0.29, 0.717) is 21.3 Å². The number of aryl methyl sites for hydroxylation is 1. The van der Waals surface area contributed by atoms with Gasteiger partial charge in [-0.25, -0.2) is 4.79 Å². The van der Waals surface area contributed by atoms with Crippen LogP contribution in [0.5, 0.6) is 0 Å². The molecule has 0 radical (unpaired) electrons. The van der Waals surface area contributed by atoms with Crippen LogP contribution in [0.3, 0.4) is 0 Å². The van der Waals surface area contributed by atoms with Gasteiger partial charge in [-0.15, -0.1) is 16.4 Å². The van der Waals surface area contributed by atoms with Gasteiger partial charge in [-0.2, -0.15) is 4.68 Å². The van der Waals surface area contributed by atoms with Gasteiger partial charge in [0, 0.05) is 0 Å². The van der Waals surface area contributed by atoms with E-state index in [-0.39, 0.29) is 0 Å². The third kappa shape index (κ3) is 4.01. The molecule has 0 aliphatic carbocycles. The number of ether oxygens (including phenoxy) is 1. The highest BCUT2D eigenvalue weighted by molar-refractivity contribution is 7.12. The van der Waals surface area contributed by atoms with E-state index in [4.69, 9.17) is 16.3 Å². The molecule has 128 valence electrons. The average Bonchev–Trinajstić information content (AvgIpc) is 3.25. The molecule has 1 aromatic carbocycles. The molecule has 0 unspecified atom stereocenters. The van der Waals surface area contributed by atoms with Crippen LogP contribution in [0.4, 0.5) is 5.69 Å². The number of hydrogen-bond acceptors (Lipinski definition) is 7. The van der Waals surface area contributed by atoms with Crippen molar-refractivity contribution in [1.29, 1.82) is 0 Å². The van der Waals surface area contributed by atoms with E-state index in [1.165, 1.54) is 22.3 Å². The Bertz CT molecular complexity index is 910. The normalized spacial score (nSPS) is 10.5. The number of amides is 1. The molecule has 0 atom stereocenters. The molecule has 0 spiro atoms. The fraction of sp³-hybridized carbons (Fsp3) is 0.133. The summed E-state index contributed by atoms with van der Waals surface area (Å²) in [6.07, 6.45) is 1.37. The zero-order chi connectivity index (χ0) is 17.8. The smallest absolute Gasteiger partial charge is 0.351 e. The van der Waals surface area contributed by atoms with Crippen molar-refractivity contribution in [2.24, 2.45) is 0 Å². The lowest BCUT2D eigenvalue weighted by atomic mass is 10.2. The topological polar surface area (TPSA) is 99.0 Å². The van der Waals surface area contributed by atoms with E-state index < -0.39 is 18.5 Å². The number of anilines is 1. The minimum absolute atomic E-state index is 0.300. The lowest BCUT2D eigenvalue weighted by molar-refractivity contribution is -0.119. The Morgan fingerprint density at radius 2 is 2.20 bits per heavy atom. The van der Waals surface area contributed by atoms with E-state index in [9.17, 15) is 9.59 Å². The van der Waals surface area contributed by atoms with Crippen LogP contribution in [0.2, 0.25) is 5.02 Å². The molecule has 3 rings (SSSR count). The Hall–Kier alpha value is -2.78. The van der Waals surface area contributed by atoms with Crippen LogP contribution in [-0.4, -0.2) is 38.7 Å². The molecule has 1 N–H and O–H groups in total. The number of halogens is 1. The number of nitrogens with one attached hydrogen (secondary N) is 1. The van der Waals surface area contributed by atoms with Crippen LogP contribution in [0.25, 0.3) is 5.69 Å². The molecule has 2 aromatic heterocycles. The van der Waals surface area contributed by atoms with Gasteiger partial charge in [0.05, 0.1) is 16.4 Å². The van der Waals surface area contributed by atoms with Crippen molar-refractivity contribution in [2.75, 3.05) is 11.9 Å². The highest BCUT2D eigenvalue weighted by atomic mass is 35.5. The van der Waals surface area contributed by atoms with E-state index >= 15 is 0 Å². The van der Waals surface area contributed by atoms with Crippen molar-refractivity contribution in [2.45, 2.75) is 6.92 Å². The number of nitrogens with zero attached hydrogens (tertiary/aromatic N) is 4. The zero-order valence-electron chi connectivity index (χ0n) is 13.0. The van der Waals surface area contributed by atoms with E-state index in [1.807, 2.05) is 13.0 Å². The molecule has 0 fully saturated rings. The first kappa shape index (κ1) is 17.1.